The van der Waals surface area contributed by atoms with Crippen LogP contribution in [0.5, 0.6) is 0 Å². The summed E-state index contributed by atoms with van der Waals surface area (Å²) in [6, 6.07) is 0. The second-order valence-corrected chi connectivity index (χ2v) is 6.79. The Kier molecular flexibility index (Phi) is 4.47. The van der Waals surface area contributed by atoms with Gasteiger partial charge in [0.1, 0.15) is 0 Å². The minimum absolute atomic E-state index is 0.00797. The van der Waals surface area contributed by atoms with Gasteiger partial charge in [0.2, 0.25) is 0 Å². The first-order valence-corrected chi connectivity index (χ1v) is 7.52. The van der Waals surface area contributed by atoms with Crippen molar-refractivity contribution in [2.45, 2.75) is 34.9 Å². The second kappa shape index (κ2) is 5.49. The molecule has 5 heteroatoms. The number of nitrogens with two attached hydrogens (primary N) is 1. The second-order valence-electron chi connectivity index (χ2n) is 4.49. The highest BCUT2D eigenvalue weighted by atomic mass is 35.5. The zero-order valence-electron chi connectivity index (χ0n) is 8.98. The molecule has 1 saturated heterocycles. The van der Waals surface area contributed by atoms with E-state index in [1.807, 2.05) is 0 Å². The van der Waals surface area contributed by atoms with E-state index in [-0.39, 0.29) is 28.0 Å². The van der Waals surface area contributed by atoms with Crippen molar-refractivity contribution >= 4 is 35.0 Å². The van der Waals surface area contributed by atoms with Crippen LogP contribution in [0.3, 0.4) is 0 Å². The Morgan fingerprint density at radius 2 is 2.19 bits per heavy atom. The number of aliphatic hydroxyl groups is 1. The quantitative estimate of drug-likeness (QED) is 0.601. The molecule has 0 aromatic rings. The maximum atomic E-state index is 10.1. The summed E-state index contributed by atoms with van der Waals surface area (Å²) in [5.74, 6) is 1.16. The Labute approximate surface area is 111 Å². The van der Waals surface area contributed by atoms with Gasteiger partial charge in [0.05, 0.1) is 22.1 Å². The maximum Gasteiger partial charge on any atom is 0.0744 e. The molecule has 3 N–H and O–H groups in total. The summed E-state index contributed by atoms with van der Waals surface area (Å²) in [7, 11) is 0. The van der Waals surface area contributed by atoms with Crippen LogP contribution in [0.4, 0.5) is 0 Å². The predicted octanol–water partition coefficient (Wildman–Crippen LogP) is 1.97. The van der Waals surface area contributed by atoms with Gasteiger partial charge < -0.3 is 10.8 Å². The molecule has 0 aromatic carbocycles. The van der Waals surface area contributed by atoms with E-state index in [1.165, 1.54) is 5.57 Å². The Bertz CT molecular complexity index is 287. The molecule has 0 amide bonds. The van der Waals surface area contributed by atoms with Gasteiger partial charge in [-0.1, -0.05) is 11.6 Å². The summed E-state index contributed by atoms with van der Waals surface area (Å²) in [4.78, 5) is 0. The molecular formula is C11H17Cl2NOS. The fourth-order valence-corrected chi connectivity index (χ4v) is 4.36. The largest absolute Gasteiger partial charge is 0.391 e. The third kappa shape index (κ3) is 2.54. The molecule has 1 heterocycles. The van der Waals surface area contributed by atoms with Gasteiger partial charge in [-0.05, 0) is 19.4 Å². The summed E-state index contributed by atoms with van der Waals surface area (Å²) < 4.78 is 0. The van der Waals surface area contributed by atoms with Crippen LogP contribution in [0.15, 0.2) is 11.6 Å². The average Bonchev–Trinajstić information content (AvgIpc) is 2.64. The van der Waals surface area contributed by atoms with Crippen molar-refractivity contribution < 1.29 is 5.11 Å². The van der Waals surface area contributed by atoms with E-state index < -0.39 is 0 Å². The van der Waals surface area contributed by atoms with E-state index in [9.17, 15) is 5.11 Å². The number of allylic oxidation sites excluding steroid dienone is 1. The van der Waals surface area contributed by atoms with E-state index in [0.29, 0.717) is 6.54 Å². The fraction of sp³-hybridized carbons (Fsp3) is 0.818. The average molecular weight is 282 g/mol. The number of halogens is 2. The van der Waals surface area contributed by atoms with E-state index in [0.717, 1.165) is 18.6 Å². The molecule has 1 aliphatic heterocycles. The number of aliphatic hydroxyl groups excluding tert-OH is 1. The lowest BCUT2D eigenvalue weighted by Crippen LogP contribution is -2.33. The van der Waals surface area contributed by atoms with Gasteiger partial charge in [-0.15, -0.1) is 23.2 Å². The van der Waals surface area contributed by atoms with Crippen molar-refractivity contribution in [1.82, 2.24) is 0 Å². The van der Waals surface area contributed by atoms with Gasteiger partial charge >= 0.3 is 0 Å². The summed E-state index contributed by atoms with van der Waals surface area (Å²) in [5, 5.41) is 10.3. The number of hydrogen-bond acceptors (Lipinski definition) is 3. The van der Waals surface area contributed by atoms with E-state index >= 15 is 0 Å². The van der Waals surface area contributed by atoms with Crippen LogP contribution in [-0.2, 0) is 0 Å². The Hall–Kier alpha value is 0.590. The molecule has 92 valence electrons. The number of hydrogen-bond donors (Lipinski definition) is 2. The Morgan fingerprint density at radius 1 is 1.44 bits per heavy atom. The zero-order chi connectivity index (χ0) is 11.7. The van der Waals surface area contributed by atoms with Crippen molar-refractivity contribution in [2.75, 3.05) is 12.3 Å². The first kappa shape index (κ1) is 13.0. The van der Waals surface area contributed by atoms with Crippen molar-refractivity contribution in [2.24, 2.45) is 11.7 Å². The summed E-state index contributed by atoms with van der Waals surface area (Å²) in [6.07, 6.45) is 3.43. The molecule has 1 fully saturated rings. The monoisotopic (exact) mass is 281 g/mol. The number of alkyl halides is 2. The molecule has 0 aromatic heterocycles. The Balaban J connectivity index is 2.04. The Morgan fingerprint density at radius 3 is 2.75 bits per heavy atom. The lowest BCUT2D eigenvalue weighted by atomic mass is 9.90. The van der Waals surface area contributed by atoms with Crippen LogP contribution in [0.1, 0.15) is 12.8 Å². The third-order valence-electron chi connectivity index (χ3n) is 3.38. The molecule has 2 unspecified atom stereocenters. The molecule has 0 bridgehead atoms. The zero-order valence-corrected chi connectivity index (χ0v) is 11.3. The lowest BCUT2D eigenvalue weighted by Gasteiger charge is -2.27. The molecule has 2 aliphatic rings. The topological polar surface area (TPSA) is 46.2 Å². The highest BCUT2D eigenvalue weighted by Crippen LogP contribution is 2.40. The minimum atomic E-state index is -0.322. The van der Waals surface area contributed by atoms with Crippen molar-refractivity contribution in [1.29, 1.82) is 0 Å². The minimum Gasteiger partial charge on any atom is -0.391 e. The molecule has 2 nitrogen and oxygen atoms in total. The van der Waals surface area contributed by atoms with Gasteiger partial charge in [0, 0.05) is 11.7 Å². The summed E-state index contributed by atoms with van der Waals surface area (Å²) >= 11 is 14.0. The van der Waals surface area contributed by atoms with Crippen LogP contribution in [0.2, 0.25) is 0 Å². The number of thioether (sulfide) groups is 1. The van der Waals surface area contributed by atoms with Crippen molar-refractivity contribution in [3.63, 3.8) is 0 Å². The molecule has 0 spiro atoms. The van der Waals surface area contributed by atoms with Gasteiger partial charge in [-0.3, -0.25) is 0 Å². The van der Waals surface area contributed by atoms with Crippen LogP contribution in [0, 0.1) is 5.92 Å². The summed E-state index contributed by atoms with van der Waals surface area (Å²) in [5.41, 5.74) is 6.88. The lowest BCUT2D eigenvalue weighted by molar-refractivity contribution is 0.135. The van der Waals surface area contributed by atoms with Crippen LogP contribution >= 0.6 is 35.0 Å². The van der Waals surface area contributed by atoms with E-state index in [4.69, 9.17) is 28.9 Å². The van der Waals surface area contributed by atoms with Gasteiger partial charge in [-0.2, -0.15) is 11.8 Å². The molecule has 0 saturated carbocycles. The van der Waals surface area contributed by atoms with Crippen LogP contribution < -0.4 is 5.73 Å². The fourth-order valence-electron chi connectivity index (χ4n) is 2.29. The summed E-state index contributed by atoms with van der Waals surface area (Å²) in [6.45, 7) is 0.556. The van der Waals surface area contributed by atoms with E-state index in [2.05, 4.69) is 6.08 Å². The van der Waals surface area contributed by atoms with Gasteiger partial charge in [0.15, 0.2) is 0 Å². The molecule has 5 atom stereocenters. The standard InChI is InChI=1S/C11H17Cl2NOS/c12-8-2-1-6(3-9(8)13)11-10(15)7(4-14)5-16-11/h1,7-11,15H,2-5,14H2/t7?,8-,9+,10?,11+/m0/s1. The molecule has 2 rings (SSSR count). The van der Waals surface area contributed by atoms with Crippen molar-refractivity contribution in [3.05, 3.63) is 11.6 Å². The third-order valence-corrected chi connectivity index (χ3v) is 6.01. The highest BCUT2D eigenvalue weighted by molar-refractivity contribution is 8.00. The molecule has 1 aliphatic carbocycles. The molecule has 0 radical (unpaired) electrons. The van der Waals surface area contributed by atoms with Gasteiger partial charge in [-0.25, -0.2) is 0 Å². The maximum absolute atomic E-state index is 10.1. The van der Waals surface area contributed by atoms with E-state index in [1.54, 1.807) is 11.8 Å². The smallest absolute Gasteiger partial charge is 0.0744 e. The first-order chi connectivity index (χ1) is 7.63. The van der Waals surface area contributed by atoms with Crippen LogP contribution in [0.25, 0.3) is 0 Å². The normalized spacial score (nSPS) is 44.5. The van der Waals surface area contributed by atoms with Crippen LogP contribution in [-0.4, -0.2) is 39.5 Å². The predicted molar refractivity (Wildman–Crippen MR) is 71.4 cm³/mol. The highest BCUT2D eigenvalue weighted by Gasteiger charge is 2.38. The molecule has 16 heavy (non-hydrogen) atoms. The van der Waals surface area contributed by atoms with Gasteiger partial charge in [0.25, 0.3) is 0 Å². The number of rotatable bonds is 2. The first-order valence-electron chi connectivity index (χ1n) is 5.60. The molecular weight excluding hydrogens is 265 g/mol. The SMILES string of the molecule is NCC1CS[C@H](C2=CC[C@H](Cl)[C@H](Cl)C2)C1O. The van der Waals surface area contributed by atoms with Crippen molar-refractivity contribution in [3.8, 4) is 0 Å².